The molecule has 0 aliphatic carbocycles. The Morgan fingerprint density at radius 1 is 1.42 bits per heavy atom. The molecular formula is C12H14ClFN2O3. The van der Waals surface area contributed by atoms with Gasteiger partial charge in [0.25, 0.3) is 0 Å². The topological polar surface area (TPSA) is 78.4 Å². The largest absolute Gasteiger partial charge is 0.480 e. The van der Waals surface area contributed by atoms with Crippen LogP contribution in [0, 0.1) is 5.82 Å². The Kier molecular flexibility index (Phi) is 4.72. The quantitative estimate of drug-likeness (QED) is 0.794. The first kappa shape index (κ1) is 15.2. The summed E-state index contributed by atoms with van der Waals surface area (Å²) in [6.45, 7) is 2.78. The minimum Gasteiger partial charge on any atom is -0.480 e. The molecule has 7 heteroatoms. The Bertz CT molecular complexity index is 506. The predicted molar refractivity (Wildman–Crippen MR) is 68.5 cm³/mol. The van der Waals surface area contributed by atoms with Gasteiger partial charge in [0.15, 0.2) is 0 Å². The molecular weight excluding hydrogens is 275 g/mol. The van der Waals surface area contributed by atoms with Crippen LogP contribution in [0.5, 0.6) is 0 Å². The number of rotatable bonds is 4. The van der Waals surface area contributed by atoms with Crippen LogP contribution in [-0.2, 0) is 11.3 Å². The standard InChI is InChI=1S/C12H14ClFN2O3/c1-12(2,10(17)18)16-11(19)15-6-7-3-4-8(13)9(14)5-7/h3-5H,6H2,1-2H3,(H,17,18)(H2,15,16,19). The van der Waals surface area contributed by atoms with Crippen molar-refractivity contribution in [1.29, 1.82) is 0 Å². The minimum absolute atomic E-state index is 0.000196. The van der Waals surface area contributed by atoms with E-state index in [1.54, 1.807) is 6.07 Å². The molecule has 1 rings (SSSR count). The highest BCUT2D eigenvalue weighted by Crippen LogP contribution is 2.15. The molecule has 19 heavy (non-hydrogen) atoms. The molecule has 0 fully saturated rings. The van der Waals surface area contributed by atoms with Crippen LogP contribution >= 0.6 is 11.6 Å². The van der Waals surface area contributed by atoms with Crippen LogP contribution in [0.15, 0.2) is 18.2 Å². The lowest BCUT2D eigenvalue weighted by molar-refractivity contribution is -0.142. The number of aliphatic carboxylic acids is 1. The molecule has 104 valence electrons. The van der Waals surface area contributed by atoms with Gasteiger partial charge in [-0.05, 0) is 31.5 Å². The second-order valence-corrected chi connectivity index (χ2v) is 4.89. The van der Waals surface area contributed by atoms with E-state index >= 15 is 0 Å². The molecule has 0 unspecified atom stereocenters. The van der Waals surface area contributed by atoms with Crippen molar-refractivity contribution in [3.05, 3.63) is 34.6 Å². The molecule has 2 amide bonds. The smallest absolute Gasteiger partial charge is 0.328 e. The number of urea groups is 1. The first-order valence-corrected chi connectivity index (χ1v) is 5.83. The molecule has 0 spiro atoms. The first-order chi connectivity index (χ1) is 8.72. The molecule has 0 saturated carbocycles. The van der Waals surface area contributed by atoms with Crippen LogP contribution < -0.4 is 10.6 Å². The fraction of sp³-hybridized carbons (Fsp3) is 0.333. The minimum atomic E-state index is -1.38. The van der Waals surface area contributed by atoms with Crippen LogP contribution in [0.4, 0.5) is 9.18 Å². The summed E-state index contributed by atoms with van der Waals surface area (Å²) in [6, 6.07) is 3.49. The van der Waals surface area contributed by atoms with Gasteiger partial charge in [-0.1, -0.05) is 17.7 Å². The lowest BCUT2D eigenvalue weighted by Gasteiger charge is -2.21. The van der Waals surface area contributed by atoms with E-state index in [1.807, 2.05) is 0 Å². The van der Waals surface area contributed by atoms with E-state index in [-0.39, 0.29) is 11.6 Å². The van der Waals surface area contributed by atoms with Gasteiger partial charge in [-0.3, -0.25) is 0 Å². The van der Waals surface area contributed by atoms with Gasteiger partial charge in [0.05, 0.1) is 5.02 Å². The molecule has 3 N–H and O–H groups in total. The van der Waals surface area contributed by atoms with Crippen molar-refractivity contribution < 1.29 is 19.1 Å². The van der Waals surface area contributed by atoms with E-state index < -0.39 is 23.4 Å². The average molecular weight is 289 g/mol. The number of carboxylic acid groups (broad SMARTS) is 1. The molecule has 0 atom stereocenters. The lowest BCUT2D eigenvalue weighted by atomic mass is 10.1. The number of benzene rings is 1. The third kappa shape index (κ3) is 4.40. The number of hydrogen-bond donors (Lipinski definition) is 3. The summed E-state index contributed by atoms with van der Waals surface area (Å²) in [5.74, 6) is -1.73. The van der Waals surface area contributed by atoms with Gasteiger partial charge in [0, 0.05) is 6.54 Å². The summed E-state index contributed by atoms with van der Waals surface area (Å²) in [5.41, 5.74) is -0.861. The molecule has 1 aromatic rings. The van der Waals surface area contributed by atoms with Gasteiger partial charge >= 0.3 is 12.0 Å². The zero-order valence-corrected chi connectivity index (χ0v) is 11.2. The van der Waals surface area contributed by atoms with Crippen molar-refractivity contribution in [1.82, 2.24) is 10.6 Å². The maximum absolute atomic E-state index is 13.1. The summed E-state index contributed by atoms with van der Waals surface area (Å²) in [4.78, 5) is 22.3. The highest BCUT2D eigenvalue weighted by atomic mass is 35.5. The Morgan fingerprint density at radius 3 is 2.58 bits per heavy atom. The molecule has 1 aromatic carbocycles. The van der Waals surface area contributed by atoms with Crippen molar-refractivity contribution in [2.75, 3.05) is 0 Å². The maximum Gasteiger partial charge on any atom is 0.328 e. The van der Waals surface area contributed by atoms with Crippen LogP contribution in [0.3, 0.4) is 0 Å². The van der Waals surface area contributed by atoms with Crippen LogP contribution in [0.1, 0.15) is 19.4 Å². The van der Waals surface area contributed by atoms with E-state index in [9.17, 15) is 14.0 Å². The molecule has 0 radical (unpaired) electrons. The van der Waals surface area contributed by atoms with Crippen LogP contribution in [0.2, 0.25) is 5.02 Å². The Labute approximate surface area is 114 Å². The second kappa shape index (κ2) is 5.88. The van der Waals surface area contributed by atoms with Crippen LogP contribution in [0.25, 0.3) is 0 Å². The zero-order chi connectivity index (χ0) is 14.6. The van der Waals surface area contributed by atoms with Gasteiger partial charge in [0.2, 0.25) is 0 Å². The normalized spacial score (nSPS) is 10.9. The van der Waals surface area contributed by atoms with E-state index in [4.69, 9.17) is 16.7 Å². The van der Waals surface area contributed by atoms with Crippen molar-refractivity contribution in [2.45, 2.75) is 25.9 Å². The second-order valence-electron chi connectivity index (χ2n) is 4.49. The molecule has 0 aliphatic rings. The summed E-state index contributed by atoms with van der Waals surface area (Å²) in [6.07, 6.45) is 0. The number of amides is 2. The Hall–Kier alpha value is -1.82. The predicted octanol–water partition coefficient (Wildman–Crippen LogP) is 2.14. The van der Waals surface area contributed by atoms with E-state index in [0.717, 1.165) is 0 Å². The van der Waals surface area contributed by atoms with E-state index in [1.165, 1.54) is 26.0 Å². The van der Waals surface area contributed by atoms with Gasteiger partial charge < -0.3 is 15.7 Å². The zero-order valence-electron chi connectivity index (χ0n) is 10.5. The van der Waals surface area contributed by atoms with Crippen molar-refractivity contribution >= 4 is 23.6 Å². The highest BCUT2D eigenvalue weighted by molar-refractivity contribution is 6.30. The fourth-order valence-electron chi connectivity index (χ4n) is 1.21. The maximum atomic E-state index is 13.1. The lowest BCUT2D eigenvalue weighted by Crippen LogP contribution is -2.52. The SMILES string of the molecule is CC(C)(NC(=O)NCc1ccc(Cl)c(F)c1)C(=O)O. The number of carbonyl (C=O) groups excluding carboxylic acids is 1. The monoisotopic (exact) mass is 288 g/mol. The first-order valence-electron chi connectivity index (χ1n) is 5.45. The Morgan fingerprint density at radius 2 is 2.05 bits per heavy atom. The summed E-state index contributed by atoms with van der Waals surface area (Å²) >= 11 is 5.53. The highest BCUT2D eigenvalue weighted by Gasteiger charge is 2.28. The number of hydrogen-bond acceptors (Lipinski definition) is 2. The third-order valence-electron chi connectivity index (χ3n) is 2.40. The van der Waals surface area contributed by atoms with Crippen molar-refractivity contribution in [3.63, 3.8) is 0 Å². The van der Waals surface area contributed by atoms with Gasteiger partial charge in [-0.15, -0.1) is 0 Å². The number of carbonyl (C=O) groups is 2. The van der Waals surface area contributed by atoms with Crippen molar-refractivity contribution in [2.24, 2.45) is 0 Å². The summed E-state index contributed by atoms with van der Waals surface area (Å²) in [5, 5.41) is 13.6. The molecule has 5 nitrogen and oxygen atoms in total. The molecule has 0 aromatic heterocycles. The molecule has 0 bridgehead atoms. The number of halogens is 2. The molecule has 0 aliphatic heterocycles. The summed E-state index contributed by atoms with van der Waals surface area (Å²) < 4.78 is 13.1. The van der Waals surface area contributed by atoms with E-state index in [0.29, 0.717) is 5.56 Å². The average Bonchev–Trinajstić information content (AvgIpc) is 2.30. The summed E-state index contributed by atoms with van der Waals surface area (Å²) in [7, 11) is 0. The van der Waals surface area contributed by atoms with Crippen molar-refractivity contribution in [3.8, 4) is 0 Å². The molecule has 0 saturated heterocycles. The molecule has 0 heterocycles. The van der Waals surface area contributed by atoms with Gasteiger partial charge in [-0.25, -0.2) is 14.0 Å². The van der Waals surface area contributed by atoms with E-state index in [2.05, 4.69) is 10.6 Å². The Balaban J connectivity index is 2.55. The fourth-order valence-corrected chi connectivity index (χ4v) is 1.33. The number of carboxylic acids is 1. The van der Waals surface area contributed by atoms with Gasteiger partial charge in [-0.2, -0.15) is 0 Å². The van der Waals surface area contributed by atoms with Gasteiger partial charge in [0.1, 0.15) is 11.4 Å². The number of nitrogens with one attached hydrogen (secondary N) is 2. The van der Waals surface area contributed by atoms with Crippen LogP contribution in [-0.4, -0.2) is 22.6 Å². The third-order valence-corrected chi connectivity index (χ3v) is 2.70.